The Hall–Kier alpha value is -1.40. The molecule has 1 aromatic rings. The van der Waals surface area contributed by atoms with Crippen LogP contribution in [0.3, 0.4) is 0 Å². The van der Waals surface area contributed by atoms with Crippen LogP contribution in [0.25, 0.3) is 0 Å². The van der Waals surface area contributed by atoms with Crippen LogP contribution in [0.15, 0.2) is 18.2 Å². The third kappa shape index (κ3) is 6.73. The summed E-state index contributed by atoms with van der Waals surface area (Å²) in [4.78, 5) is 0. The fourth-order valence-electron chi connectivity index (χ4n) is 1.77. The highest BCUT2D eigenvalue weighted by Crippen LogP contribution is 2.29. The Kier molecular flexibility index (Phi) is 8.00. The van der Waals surface area contributed by atoms with E-state index in [1.54, 1.807) is 19.1 Å². The molecular formula is C15H23F2NO3. The van der Waals surface area contributed by atoms with Crippen LogP contribution in [0.4, 0.5) is 8.78 Å². The summed E-state index contributed by atoms with van der Waals surface area (Å²) in [7, 11) is 0. The molecule has 1 aromatic carbocycles. The molecule has 0 heterocycles. The van der Waals surface area contributed by atoms with Crippen molar-refractivity contribution in [3.63, 3.8) is 0 Å². The van der Waals surface area contributed by atoms with Crippen LogP contribution in [-0.4, -0.2) is 32.5 Å². The van der Waals surface area contributed by atoms with Gasteiger partial charge in [-0.15, -0.1) is 0 Å². The van der Waals surface area contributed by atoms with Gasteiger partial charge in [0, 0.05) is 19.2 Å². The van der Waals surface area contributed by atoms with Gasteiger partial charge in [-0.3, -0.25) is 0 Å². The highest BCUT2D eigenvalue weighted by Gasteiger charge is 2.12. The smallest absolute Gasteiger partial charge is 0.387 e. The van der Waals surface area contributed by atoms with E-state index in [1.165, 1.54) is 6.07 Å². The maximum atomic E-state index is 12.3. The summed E-state index contributed by atoms with van der Waals surface area (Å²) >= 11 is 0. The highest BCUT2D eigenvalue weighted by molar-refractivity contribution is 5.43. The summed E-state index contributed by atoms with van der Waals surface area (Å²) in [6, 6.07) is 5.15. The third-order valence-electron chi connectivity index (χ3n) is 2.75. The van der Waals surface area contributed by atoms with E-state index >= 15 is 0 Å². The minimum absolute atomic E-state index is 0.0537. The number of rotatable bonds is 10. The van der Waals surface area contributed by atoms with E-state index in [0.29, 0.717) is 32.1 Å². The molecule has 0 amide bonds. The molecule has 0 saturated carbocycles. The zero-order chi connectivity index (χ0) is 15.7. The van der Waals surface area contributed by atoms with E-state index in [-0.39, 0.29) is 11.8 Å². The van der Waals surface area contributed by atoms with Gasteiger partial charge in [0.25, 0.3) is 0 Å². The summed E-state index contributed by atoms with van der Waals surface area (Å²) in [6.07, 6.45) is 0. The van der Waals surface area contributed by atoms with Crippen LogP contribution >= 0.6 is 0 Å². The van der Waals surface area contributed by atoms with E-state index in [0.717, 1.165) is 5.56 Å². The largest absolute Gasteiger partial charge is 0.490 e. The van der Waals surface area contributed by atoms with Crippen molar-refractivity contribution < 1.29 is 23.0 Å². The van der Waals surface area contributed by atoms with E-state index in [4.69, 9.17) is 9.47 Å². The second kappa shape index (κ2) is 9.52. The van der Waals surface area contributed by atoms with Crippen molar-refractivity contribution in [3.05, 3.63) is 23.8 Å². The normalized spacial score (nSPS) is 12.5. The fourth-order valence-corrected chi connectivity index (χ4v) is 1.77. The Morgan fingerprint density at radius 2 is 1.90 bits per heavy atom. The Morgan fingerprint density at radius 3 is 2.52 bits per heavy atom. The molecule has 0 aliphatic rings. The summed E-state index contributed by atoms with van der Waals surface area (Å²) in [6.45, 7) is 5.19. The van der Waals surface area contributed by atoms with Crippen LogP contribution in [0.5, 0.6) is 11.5 Å². The minimum Gasteiger partial charge on any atom is -0.490 e. The minimum atomic E-state index is -2.86. The van der Waals surface area contributed by atoms with Gasteiger partial charge < -0.3 is 19.5 Å². The molecule has 1 atom stereocenters. The van der Waals surface area contributed by atoms with Gasteiger partial charge in [-0.25, -0.2) is 0 Å². The number of nitrogens with one attached hydrogen (secondary N) is 1. The monoisotopic (exact) mass is 303 g/mol. The van der Waals surface area contributed by atoms with Crippen molar-refractivity contribution in [2.24, 2.45) is 0 Å². The molecule has 1 rings (SSSR count). The molecule has 1 N–H and O–H groups in total. The molecular weight excluding hydrogens is 280 g/mol. The lowest BCUT2D eigenvalue weighted by Crippen LogP contribution is -2.30. The first-order valence-corrected chi connectivity index (χ1v) is 7.08. The zero-order valence-corrected chi connectivity index (χ0v) is 12.7. The molecule has 0 bridgehead atoms. The van der Waals surface area contributed by atoms with Crippen molar-refractivity contribution in [1.29, 1.82) is 0 Å². The molecule has 4 nitrogen and oxygen atoms in total. The average molecular weight is 303 g/mol. The predicted octanol–water partition coefficient (Wildman–Crippen LogP) is 3.20. The molecule has 120 valence electrons. The molecule has 1 unspecified atom stereocenters. The zero-order valence-electron chi connectivity index (χ0n) is 12.7. The Labute approximate surface area is 124 Å². The van der Waals surface area contributed by atoms with Crippen molar-refractivity contribution >= 4 is 0 Å². The van der Waals surface area contributed by atoms with Crippen LogP contribution in [0, 0.1) is 0 Å². The van der Waals surface area contributed by atoms with Crippen molar-refractivity contribution in [2.75, 3.05) is 19.8 Å². The molecule has 0 saturated heterocycles. The first kappa shape index (κ1) is 17.7. The number of hydrogen-bond acceptors (Lipinski definition) is 4. The second-order valence-corrected chi connectivity index (χ2v) is 4.53. The van der Waals surface area contributed by atoms with E-state index in [1.807, 2.05) is 13.8 Å². The molecule has 0 fully saturated rings. The molecule has 0 spiro atoms. The summed E-state index contributed by atoms with van der Waals surface area (Å²) in [5, 5.41) is 3.29. The number of hydrogen-bond donors (Lipinski definition) is 1. The number of alkyl halides is 2. The van der Waals surface area contributed by atoms with E-state index in [2.05, 4.69) is 10.1 Å². The van der Waals surface area contributed by atoms with Gasteiger partial charge in [-0.05, 0) is 38.5 Å². The second-order valence-electron chi connectivity index (χ2n) is 4.53. The van der Waals surface area contributed by atoms with Gasteiger partial charge in [-0.1, -0.05) is 6.07 Å². The Morgan fingerprint density at radius 1 is 1.14 bits per heavy atom. The molecule has 21 heavy (non-hydrogen) atoms. The van der Waals surface area contributed by atoms with E-state index < -0.39 is 6.61 Å². The lowest BCUT2D eigenvalue weighted by Gasteiger charge is -2.15. The van der Waals surface area contributed by atoms with E-state index in [9.17, 15) is 8.78 Å². The predicted molar refractivity (Wildman–Crippen MR) is 77.0 cm³/mol. The fraction of sp³-hybridized carbons (Fsp3) is 0.600. The standard InChI is InChI=1S/C15H23F2NO3/c1-4-19-10-11(3)18-9-12-6-7-13(21-15(16)17)14(8-12)20-5-2/h6-8,11,15,18H,4-5,9-10H2,1-3H3. The van der Waals surface area contributed by atoms with Gasteiger partial charge in [0.1, 0.15) is 0 Å². The highest BCUT2D eigenvalue weighted by atomic mass is 19.3. The lowest BCUT2D eigenvalue weighted by molar-refractivity contribution is -0.0514. The lowest BCUT2D eigenvalue weighted by atomic mass is 10.2. The van der Waals surface area contributed by atoms with Crippen molar-refractivity contribution in [1.82, 2.24) is 5.32 Å². The third-order valence-corrected chi connectivity index (χ3v) is 2.75. The van der Waals surface area contributed by atoms with Crippen LogP contribution in [-0.2, 0) is 11.3 Å². The SMILES string of the molecule is CCOCC(C)NCc1ccc(OC(F)F)c(OCC)c1. The van der Waals surface area contributed by atoms with Gasteiger partial charge in [0.15, 0.2) is 11.5 Å². The molecule has 6 heteroatoms. The van der Waals surface area contributed by atoms with Gasteiger partial charge in [0.2, 0.25) is 0 Å². The topological polar surface area (TPSA) is 39.7 Å². The maximum absolute atomic E-state index is 12.3. The van der Waals surface area contributed by atoms with Crippen LogP contribution in [0.2, 0.25) is 0 Å². The Bertz CT molecular complexity index is 416. The van der Waals surface area contributed by atoms with Gasteiger partial charge in [-0.2, -0.15) is 8.78 Å². The molecule has 0 aliphatic heterocycles. The van der Waals surface area contributed by atoms with Crippen molar-refractivity contribution in [2.45, 2.75) is 40.0 Å². The molecule has 0 aromatic heterocycles. The molecule has 0 aliphatic carbocycles. The van der Waals surface area contributed by atoms with Crippen LogP contribution in [0.1, 0.15) is 26.3 Å². The summed E-state index contributed by atoms with van der Waals surface area (Å²) in [5.41, 5.74) is 0.934. The number of benzene rings is 1. The first-order chi connectivity index (χ1) is 10.1. The maximum Gasteiger partial charge on any atom is 0.387 e. The Balaban J connectivity index is 2.64. The van der Waals surface area contributed by atoms with Gasteiger partial charge in [0.05, 0.1) is 13.2 Å². The summed E-state index contributed by atoms with van der Waals surface area (Å²) in [5.74, 6) is 0.382. The average Bonchev–Trinajstić information content (AvgIpc) is 2.45. The quantitative estimate of drug-likeness (QED) is 0.720. The van der Waals surface area contributed by atoms with Gasteiger partial charge >= 0.3 is 6.61 Å². The van der Waals surface area contributed by atoms with Crippen LogP contribution < -0.4 is 14.8 Å². The number of halogens is 2. The first-order valence-electron chi connectivity index (χ1n) is 7.08. The molecule has 0 radical (unpaired) electrons. The number of ether oxygens (including phenoxy) is 3. The van der Waals surface area contributed by atoms with Crippen molar-refractivity contribution in [3.8, 4) is 11.5 Å². The summed E-state index contributed by atoms with van der Waals surface area (Å²) < 4.78 is 39.7.